The summed E-state index contributed by atoms with van der Waals surface area (Å²) in [6.07, 6.45) is 6.10. The lowest BCUT2D eigenvalue weighted by Crippen LogP contribution is -2.49. The van der Waals surface area contributed by atoms with Gasteiger partial charge in [0.05, 0.1) is 6.61 Å². The Labute approximate surface area is 127 Å². The number of rotatable bonds is 3. The molecule has 1 aliphatic heterocycles. The number of carbonyl (C=O) groups excluding carboxylic acids is 1. The summed E-state index contributed by atoms with van der Waals surface area (Å²) in [4.78, 5) is 14.0. The van der Waals surface area contributed by atoms with Crippen LogP contribution in [-0.2, 0) is 4.79 Å². The number of aryl methyl sites for hydroxylation is 1. The van der Waals surface area contributed by atoms with Crippen molar-refractivity contribution in [1.29, 1.82) is 0 Å². The lowest BCUT2D eigenvalue weighted by molar-refractivity contribution is -0.132. The molecule has 114 valence electrons. The summed E-state index contributed by atoms with van der Waals surface area (Å²) in [5.74, 6) is 0.862. The van der Waals surface area contributed by atoms with Gasteiger partial charge in [0, 0.05) is 18.5 Å². The van der Waals surface area contributed by atoms with Gasteiger partial charge in [0.1, 0.15) is 0 Å². The molecule has 1 heterocycles. The van der Waals surface area contributed by atoms with Crippen LogP contribution in [0.4, 0.5) is 0 Å². The number of β-amino-alcohol motifs (C(OH)–C–C–N with tert-alkyl or cyclic N) is 1. The molecule has 2 aliphatic rings. The Kier molecular flexibility index (Phi) is 4.03. The van der Waals surface area contributed by atoms with Crippen LogP contribution in [0, 0.1) is 6.92 Å². The van der Waals surface area contributed by atoms with Crippen molar-refractivity contribution in [2.75, 3.05) is 13.2 Å². The van der Waals surface area contributed by atoms with Gasteiger partial charge in [0.25, 0.3) is 0 Å². The average molecular weight is 287 g/mol. The fourth-order valence-electron chi connectivity index (χ4n) is 4.18. The van der Waals surface area contributed by atoms with Crippen LogP contribution in [0.15, 0.2) is 24.3 Å². The molecule has 21 heavy (non-hydrogen) atoms. The van der Waals surface area contributed by atoms with E-state index in [1.165, 1.54) is 11.1 Å². The first kappa shape index (κ1) is 14.6. The topological polar surface area (TPSA) is 40.5 Å². The Balaban J connectivity index is 1.69. The van der Waals surface area contributed by atoms with E-state index in [0.717, 1.165) is 32.1 Å². The minimum absolute atomic E-state index is 0.0427. The van der Waals surface area contributed by atoms with Crippen molar-refractivity contribution in [3.63, 3.8) is 0 Å². The van der Waals surface area contributed by atoms with E-state index in [-0.39, 0.29) is 18.1 Å². The highest BCUT2D eigenvalue weighted by Gasteiger charge is 2.46. The van der Waals surface area contributed by atoms with Gasteiger partial charge < -0.3 is 10.0 Å². The smallest absolute Gasteiger partial charge is 0.223 e. The zero-order chi connectivity index (χ0) is 14.9. The van der Waals surface area contributed by atoms with Crippen molar-refractivity contribution < 1.29 is 9.90 Å². The molecule has 0 radical (unpaired) electrons. The van der Waals surface area contributed by atoms with Crippen LogP contribution in [0.5, 0.6) is 0 Å². The Bertz CT molecular complexity index is 500. The molecular weight excluding hydrogens is 262 g/mol. The van der Waals surface area contributed by atoms with E-state index in [9.17, 15) is 9.90 Å². The van der Waals surface area contributed by atoms with Crippen LogP contribution in [0.1, 0.15) is 55.6 Å². The van der Waals surface area contributed by atoms with Crippen LogP contribution in [0.25, 0.3) is 0 Å². The average Bonchev–Trinajstić information content (AvgIpc) is 2.79. The van der Waals surface area contributed by atoms with Gasteiger partial charge in [-0.2, -0.15) is 0 Å². The van der Waals surface area contributed by atoms with E-state index in [1.54, 1.807) is 0 Å². The second-order valence-corrected chi connectivity index (χ2v) is 6.68. The normalized spacial score (nSPS) is 29.3. The first-order chi connectivity index (χ1) is 10.1. The van der Waals surface area contributed by atoms with E-state index in [1.807, 2.05) is 4.90 Å². The van der Waals surface area contributed by atoms with Crippen LogP contribution in [0.3, 0.4) is 0 Å². The predicted octanol–water partition coefficient (Wildman–Crippen LogP) is 3.01. The van der Waals surface area contributed by atoms with Crippen molar-refractivity contribution in [2.24, 2.45) is 0 Å². The molecule has 1 N–H and O–H groups in total. The minimum Gasteiger partial charge on any atom is -0.395 e. The van der Waals surface area contributed by atoms with Gasteiger partial charge in [0.15, 0.2) is 0 Å². The monoisotopic (exact) mass is 287 g/mol. The molecule has 1 spiro atoms. The van der Waals surface area contributed by atoms with E-state index >= 15 is 0 Å². The summed E-state index contributed by atoms with van der Waals surface area (Å²) < 4.78 is 0. The first-order valence-corrected chi connectivity index (χ1v) is 8.12. The number of hydrogen-bond acceptors (Lipinski definition) is 2. The highest BCUT2D eigenvalue weighted by atomic mass is 16.3. The van der Waals surface area contributed by atoms with Crippen molar-refractivity contribution in [1.82, 2.24) is 4.90 Å². The lowest BCUT2D eigenvalue weighted by atomic mass is 9.73. The van der Waals surface area contributed by atoms with Gasteiger partial charge in [-0.25, -0.2) is 0 Å². The molecule has 2 fully saturated rings. The number of aliphatic hydroxyl groups excluding tert-OH is 1. The quantitative estimate of drug-likeness (QED) is 0.928. The highest BCUT2D eigenvalue weighted by Crippen LogP contribution is 2.46. The highest BCUT2D eigenvalue weighted by molar-refractivity contribution is 5.79. The van der Waals surface area contributed by atoms with Gasteiger partial charge >= 0.3 is 0 Å². The number of nitrogens with zero attached hydrogens (tertiary/aromatic N) is 1. The van der Waals surface area contributed by atoms with Crippen LogP contribution < -0.4 is 0 Å². The number of hydrogen-bond donors (Lipinski definition) is 1. The molecule has 1 saturated heterocycles. The summed E-state index contributed by atoms with van der Waals surface area (Å²) in [5, 5.41) is 9.22. The van der Waals surface area contributed by atoms with Gasteiger partial charge in [-0.05, 0) is 50.5 Å². The van der Waals surface area contributed by atoms with Crippen LogP contribution in [0.2, 0.25) is 0 Å². The molecule has 0 atom stereocenters. The number of amides is 1. The Morgan fingerprint density at radius 1 is 1.19 bits per heavy atom. The summed E-state index contributed by atoms with van der Waals surface area (Å²) in [6, 6.07) is 8.89. The van der Waals surface area contributed by atoms with E-state index in [2.05, 4.69) is 31.2 Å². The zero-order valence-corrected chi connectivity index (χ0v) is 12.8. The van der Waals surface area contributed by atoms with Gasteiger partial charge in [-0.3, -0.25) is 4.79 Å². The minimum atomic E-state index is 0.0427. The second kappa shape index (κ2) is 5.80. The molecule has 0 unspecified atom stereocenters. The number of aliphatic hydroxyl groups is 1. The van der Waals surface area contributed by atoms with E-state index in [0.29, 0.717) is 18.9 Å². The Morgan fingerprint density at radius 3 is 2.48 bits per heavy atom. The summed E-state index contributed by atoms with van der Waals surface area (Å²) in [5.41, 5.74) is 2.79. The molecule has 1 aromatic rings. The second-order valence-electron chi connectivity index (χ2n) is 6.68. The molecule has 1 aromatic carbocycles. The number of likely N-dealkylation sites (tertiary alicyclic amines) is 1. The van der Waals surface area contributed by atoms with Crippen molar-refractivity contribution in [3.8, 4) is 0 Å². The predicted molar refractivity (Wildman–Crippen MR) is 83.2 cm³/mol. The SMILES string of the molecule is Cc1ccc(C2CCC3(CCC(=O)N3CCO)CC2)cc1. The lowest BCUT2D eigenvalue weighted by Gasteiger charge is -2.43. The third-order valence-electron chi connectivity index (χ3n) is 5.47. The Hall–Kier alpha value is -1.35. The van der Waals surface area contributed by atoms with Gasteiger partial charge in [-0.15, -0.1) is 0 Å². The van der Waals surface area contributed by atoms with Crippen LogP contribution in [-0.4, -0.2) is 34.6 Å². The summed E-state index contributed by atoms with van der Waals surface area (Å²) >= 11 is 0. The van der Waals surface area contributed by atoms with Gasteiger partial charge in [-0.1, -0.05) is 29.8 Å². The molecule has 3 rings (SSSR count). The molecule has 3 nitrogen and oxygen atoms in total. The fraction of sp³-hybridized carbons (Fsp3) is 0.611. The van der Waals surface area contributed by atoms with E-state index < -0.39 is 0 Å². The molecule has 1 amide bonds. The largest absolute Gasteiger partial charge is 0.395 e. The third kappa shape index (κ3) is 2.71. The van der Waals surface area contributed by atoms with Crippen LogP contribution >= 0.6 is 0 Å². The van der Waals surface area contributed by atoms with E-state index in [4.69, 9.17) is 0 Å². The maximum Gasteiger partial charge on any atom is 0.223 e. The van der Waals surface area contributed by atoms with Crippen molar-refractivity contribution in [3.05, 3.63) is 35.4 Å². The fourth-order valence-corrected chi connectivity index (χ4v) is 4.18. The Morgan fingerprint density at radius 2 is 1.86 bits per heavy atom. The maximum absolute atomic E-state index is 12.0. The maximum atomic E-state index is 12.0. The molecule has 3 heteroatoms. The van der Waals surface area contributed by atoms with Crippen molar-refractivity contribution >= 4 is 5.91 Å². The molecule has 1 saturated carbocycles. The van der Waals surface area contributed by atoms with Crippen molar-refractivity contribution in [2.45, 2.75) is 56.9 Å². The first-order valence-electron chi connectivity index (χ1n) is 8.12. The van der Waals surface area contributed by atoms with Gasteiger partial charge in [0.2, 0.25) is 5.91 Å². The number of benzene rings is 1. The molecular formula is C18H25NO2. The third-order valence-corrected chi connectivity index (χ3v) is 5.47. The standard InChI is InChI=1S/C18H25NO2/c1-14-2-4-15(5-3-14)16-6-9-18(10-7-16)11-8-17(21)19(18)12-13-20/h2-5,16,20H,6-13H2,1H3. The molecule has 0 aromatic heterocycles. The molecule has 0 bridgehead atoms. The summed E-state index contributed by atoms with van der Waals surface area (Å²) in [7, 11) is 0. The number of carbonyl (C=O) groups is 1. The zero-order valence-electron chi connectivity index (χ0n) is 12.8. The summed E-state index contributed by atoms with van der Waals surface area (Å²) in [6.45, 7) is 2.71. The molecule has 1 aliphatic carbocycles.